The van der Waals surface area contributed by atoms with Gasteiger partial charge in [-0.05, 0) is 38.1 Å². The highest BCUT2D eigenvalue weighted by atomic mass is 19.1. The van der Waals surface area contributed by atoms with Crippen molar-refractivity contribution in [2.24, 2.45) is 0 Å². The molecule has 0 bridgehead atoms. The fourth-order valence-corrected chi connectivity index (χ4v) is 2.84. The Morgan fingerprint density at radius 3 is 2.50 bits per heavy atom. The van der Waals surface area contributed by atoms with Crippen molar-refractivity contribution in [3.05, 3.63) is 41.9 Å². The molecule has 7 heteroatoms. The van der Waals surface area contributed by atoms with E-state index in [2.05, 4.69) is 20.3 Å². The standard InChI is InChI=1S/C17H21FN4O2/c1-12-11-16(20-24-12)19-17(23)13(2)21-7-9-22(10-8-21)15-5-3-14(18)4-6-15/h3-6,11,13H,7-10H2,1-2H3,(H,19,20,23)/t13-/m1/s1. The van der Waals surface area contributed by atoms with Crippen LogP contribution in [0.4, 0.5) is 15.9 Å². The molecular weight excluding hydrogens is 311 g/mol. The highest BCUT2D eigenvalue weighted by Gasteiger charge is 2.26. The molecule has 0 unspecified atom stereocenters. The van der Waals surface area contributed by atoms with Crippen LogP contribution in [0.3, 0.4) is 0 Å². The number of anilines is 2. The van der Waals surface area contributed by atoms with Crippen LogP contribution >= 0.6 is 0 Å². The molecule has 1 aliphatic rings. The van der Waals surface area contributed by atoms with Crippen LogP contribution in [-0.2, 0) is 4.79 Å². The molecule has 6 nitrogen and oxygen atoms in total. The lowest BCUT2D eigenvalue weighted by atomic mass is 10.2. The summed E-state index contributed by atoms with van der Waals surface area (Å²) in [7, 11) is 0. The lowest BCUT2D eigenvalue weighted by molar-refractivity contribution is -0.120. The summed E-state index contributed by atoms with van der Waals surface area (Å²) in [5.74, 6) is 0.768. The monoisotopic (exact) mass is 332 g/mol. The Morgan fingerprint density at radius 2 is 1.92 bits per heavy atom. The Kier molecular flexibility index (Phi) is 4.80. The van der Waals surface area contributed by atoms with Gasteiger partial charge in [-0.15, -0.1) is 0 Å². The van der Waals surface area contributed by atoms with E-state index in [1.54, 1.807) is 25.1 Å². The molecule has 1 saturated heterocycles. The zero-order valence-electron chi connectivity index (χ0n) is 13.8. The smallest absolute Gasteiger partial charge is 0.242 e. The zero-order chi connectivity index (χ0) is 17.1. The third-order valence-electron chi connectivity index (χ3n) is 4.31. The van der Waals surface area contributed by atoms with E-state index in [0.717, 1.165) is 31.9 Å². The number of halogens is 1. The second-order valence-electron chi connectivity index (χ2n) is 5.99. The number of carbonyl (C=O) groups is 1. The summed E-state index contributed by atoms with van der Waals surface area (Å²) in [5, 5.41) is 6.55. The SMILES string of the molecule is Cc1cc(NC(=O)[C@@H](C)N2CCN(c3ccc(F)cc3)CC2)no1. The normalized spacial score (nSPS) is 16.9. The van der Waals surface area contributed by atoms with E-state index in [0.29, 0.717) is 11.6 Å². The fourth-order valence-electron chi connectivity index (χ4n) is 2.84. The number of piperazine rings is 1. The first-order valence-corrected chi connectivity index (χ1v) is 8.01. The fraction of sp³-hybridized carbons (Fsp3) is 0.412. The van der Waals surface area contributed by atoms with Crippen molar-refractivity contribution in [1.29, 1.82) is 0 Å². The first-order valence-electron chi connectivity index (χ1n) is 8.01. The van der Waals surface area contributed by atoms with Gasteiger partial charge >= 0.3 is 0 Å². The van der Waals surface area contributed by atoms with E-state index < -0.39 is 0 Å². The molecule has 1 aliphatic heterocycles. The van der Waals surface area contributed by atoms with Gasteiger partial charge in [0.15, 0.2) is 5.82 Å². The summed E-state index contributed by atoms with van der Waals surface area (Å²) < 4.78 is 18.0. The van der Waals surface area contributed by atoms with Crippen LogP contribution in [0.15, 0.2) is 34.9 Å². The van der Waals surface area contributed by atoms with E-state index in [4.69, 9.17) is 4.52 Å². The molecule has 0 saturated carbocycles. The summed E-state index contributed by atoms with van der Waals surface area (Å²) in [6.07, 6.45) is 0. The number of nitrogens with zero attached hydrogens (tertiary/aromatic N) is 3. The average molecular weight is 332 g/mol. The van der Waals surface area contributed by atoms with Crippen molar-refractivity contribution in [2.45, 2.75) is 19.9 Å². The van der Waals surface area contributed by atoms with Gasteiger partial charge in [-0.3, -0.25) is 9.69 Å². The molecule has 1 fully saturated rings. The van der Waals surface area contributed by atoms with Crippen molar-refractivity contribution in [3.8, 4) is 0 Å². The zero-order valence-corrected chi connectivity index (χ0v) is 13.8. The minimum atomic E-state index is -0.252. The van der Waals surface area contributed by atoms with E-state index in [-0.39, 0.29) is 17.8 Å². The highest BCUT2D eigenvalue weighted by molar-refractivity contribution is 5.93. The molecule has 0 aliphatic carbocycles. The summed E-state index contributed by atoms with van der Waals surface area (Å²) >= 11 is 0. The van der Waals surface area contributed by atoms with E-state index in [1.807, 2.05) is 6.92 Å². The maximum absolute atomic E-state index is 13.0. The predicted molar refractivity (Wildman–Crippen MR) is 89.5 cm³/mol. The molecular formula is C17H21FN4O2. The maximum Gasteiger partial charge on any atom is 0.242 e. The van der Waals surface area contributed by atoms with Gasteiger partial charge in [0.2, 0.25) is 5.91 Å². The lowest BCUT2D eigenvalue weighted by Gasteiger charge is -2.38. The number of benzene rings is 1. The number of hydrogen-bond acceptors (Lipinski definition) is 5. The summed E-state index contributed by atoms with van der Waals surface area (Å²) in [4.78, 5) is 16.6. The summed E-state index contributed by atoms with van der Waals surface area (Å²) in [6, 6.07) is 7.95. The summed E-state index contributed by atoms with van der Waals surface area (Å²) in [5.41, 5.74) is 1.01. The number of hydrogen-bond donors (Lipinski definition) is 1. The number of nitrogens with one attached hydrogen (secondary N) is 1. The highest BCUT2D eigenvalue weighted by Crippen LogP contribution is 2.18. The van der Waals surface area contributed by atoms with Gasteiger partial charge in [0, 0.05) is 37.9 Å². The molecule has 1 aromatic carbocycles. The molecule has 1 amide bonds. The molecule has 3 rings (SSSR count). The molecule has 2 heterocycles. The molecule has 24 heavy (non-hydrogen) atoms. The van der Waals surface area contributed by atoms with Gasteiger partial charge in [-0.25, -0.2) is 4.39 Å². The van der Waals surface area contributed by atoms with Crippen LogP contribution in [0.5, 0.6) is 0 Å². The van der Waals surface area contributed by atoms with E-state index in [1.165, 1.54) is 12.1 Å². The minimum absolute atomic E-state index is 0.0986. The average Bonchev–Trinajstić information content (AvgIpc) is 3.00. The van der Waals surface area contributed by atoms with Gasteiger partial charge in [0.05, 0.1) is 6.04 Å². The number of carbonyl (C=O) groups excluding carboxylic acids is 1. The predicted octanol–water partition coefficient (Wildman–Crippen LogP) is 2.27. The third-order valence-corrected chi connectivity index (χ3v) is 4.31. The molecule has 1 atom stereocenters. The van der Waals surface area contributed by atoms with E-state index in [9.17, 15) is 9.18 Å². The minimum Gasteiger partial charge on any atom is -0.369 e. The van der Waals surface area contributed by atoms with Gasteiger partial charge < -0.3 is 14.7 Å². The quantitative estimate of drug-likeness (QED) is 0.931. The van der Waals surface area contributed by atoms with Crippen LogP contribution in [0.25, 0.3) is 0 Å². The molecule has 1 N–H and O–H groups in total. The molecule has 0 radical (unpaired) electrons. The maximum atomic E-state index is 13.0. The lowest BCUT2D eigenvalue weighted by Crippen LogP contribution is -2.52. The Balaban J connectivity index is 1.53. The van der Waals surface area contributed by atoms with Crippen molar-refractivity contribution in [1.82, 2.24) is 10.1 Å². The first-order chi connectivity index (χ1) is 11.5. The van der Waals surface area contributed by atoms with Gasteiger partial charge in [0.25, 0.3) is 0 Å². The third kappa shape index (κ3) is 3.73. The van der Waals surface area contributed by atoms with E-state index >= 15 is 0 Å². The van der Waals surface area contributed by atoms with Crippen LogP contribution in [-0.4, -0.2) is 48.2 Å². The number of aromatic nitrogens is 1. The van der Waals surface area contributed by atoms with Crippen LogP contribution in [0.2, 0.25) is 0 Å². The Hall–Kier alpha value is -2.41. The summed E-state index contributed by atoms with van der Waals surface area (Å²) in [6.45, 7) is 6.79. The molecule has 2 aromatic rings. The largest absolute Gasteiger partial charge is 0.369 e. The van der Waals surface area contributed by atoms with Crippen LogP contribution in [0, 0.1) is 12.7 Å². The van der Waals surface area contributed by atoms with Crippen molar-refractivity contribution >= 4 is 17.4 Å². The Labute approximate surface area is 140 Å². The topological polar surface area (TPSA) is 61.6 Å². The second-order valence-corrected chi connectivity index (χ2v) is 5.99. The van der Waals surface area contributed by atoms with Gasteiger partial charge in [-0.1, -0.05) is 5.16 Å². The van der Waals surface area contributed by atoms with Crippen molar-refractivity contribution in [2.75, 3.05) is 36.4 Å². The Bertz CT molecular complexity index is 693. The number of rotatable bonds is 4. The van der Waals surface area contributed by atoms with Crippen molar-refractivity contribution in [3.63, 3.8) is 0 Å². The van der Waals surface area contributed by atoms with Crippen molar-refractivity contribution < 1.29 is 13.7 Å². The second kappa shape index (κ2) is 7.00. The van der Waals surface area contributed by atoms with Gasteiger partial charge in [-0.2, -0.15) is 0 Å². The molecule has 128 valence electrons. The number of aryl methyl sites for hydroxylation is 1. The van der Waals surface area contributed by atoms with Crippen LogP contribution in [0.1, 0.15) is 12.7 Å². The molecule has 0 spiro atoms. The first kappa shape index (κ1) is 16.4. The van der Waals surface area contributed by atoms with Crippen LogP contribution < -0.4 is 10.2 Å². The number of amides is 1. The van der Waals surface area contributed by atoms with Gasteiger partial charge in [0.1, 0.15) is 11.6 Å². The Morgan fingerprint density at radius 1 is 1.25 bits per heavy atom. The molecule has 1 aromatic heterocycles.